The predicted octanol–water partition coefficient (Wildman–Crippen LogP) is 17.2. The van der Waals surface area contributed by atoms with Crippen molar-refractivity contribution in [1.29, 1.82) is 0 Å². The maximum absolute atomic E-state index is 12.9. The molecule has 0 fully saturated rings. The van der Waals surface area contributed by atoms with Crippen LogP contribution >= 0.6 is 15.6 Å². The van der Waals surface area contributed by atoms with Crippen LogP contribution in [0.4, 0.5) is 0 Å². The molecule has 0 rings (SSSR count). The number of aliphatic hydroxyl groups excluding tert-OH is 1. The summed E-state index contributed by atoms with van der Waals surface area (Å²) in [4.78, 5) is 71.9. The summed E-state index contributed by atoms with van der Waals surface area (Å²) in [5, 5.41) is 10.5. The van der Waals surface area contributed by atoms with Gasteiger partial charge in [0.05, 0.1) is 26.4 Å². The third-order valence-electron chi connectivity index (χ3n) is 14.4. The summed E-state index contributed by atoms with van der Waals surface area (Å²) in [7, 11) is -9.87. The Labute approximate surface area is 492 Å². The lowest BCUT2D eigenvalue weighted by atomic mass is 10.0. The Bertz CT molecular complexity index is 1570. The van der Waals surface area contributed by atoms with Crippen molar-refractivity contribution in [2.24, 2.45) is 0 Å². The minimum absolute atomic E-state index is 0.103. The van der Waals surface area contributed by atoms with E-state index in [0.717, 1.165) is 96.3 Å². The lowest BCUT2D eigenvalue weighted by Gasteiger charge is -2.21. The highest BCUT2D eigenvalue weighted by molar-refractivity contribution is 7.47. The number of carbonyl (C=O) groups is 4. The fraction of sp³-hybridized carbons (Fsp3) is 0.935. The zero-order chi connectivity index (χ0) is 59.8. The normalized spacial score (nSPS) is 14.2. The number of carbonyl (C=O) groups excluding carboxylic acids is 4. The minimum Gasteiger partial charge on any atom is -0.462 e. The number of phosphoric acid groups is 2. The van der Waals surface area contributed by atoms with E-state index in [1.54, 1.807) is 0 Å². The monoisotopic (exact) mass is 1200 g/mol. The SMILES string of the molecule is CCCCCCCCCCCCCCCCCC(=O)OC[C@H](COP(=O)(O)OC[C@H](O)COP(=O)(O)OC[C@@H](COC(=O)CCCCCCCCCCCCC)OC(=O)CCCCCCCCCCC)OC(=O)CCCCCCCC. The van der Waals surface area contributed by atoms with Gasteiger partial charge < -0.3 is 33.8 Å². The molecule has 2 unspecified atom stereocenters. The van der Waals surface area contributed by atoms with E-state index in [-0.39, 0.29) is 25.7 Å². The first-order chi connectivity index (χ1) is 39.2. The van der Waals surface area contributed by atoms with Crippen molar-refractivity contribution >= 4 is 39.5 Å². The van der Waals surface area contributed by atoms with E-state index in [0.29, 0.717) is 25.7 Å². The third-order valence-corrected chi connectivity index (χ3v) is 16.3. The Morgan fingerprint density at radius 1 is 0.296 bits per heavy atom. The fourth-order valence-corrected chi connectivity index (χ4v) is 10.9. The van der Waals surface area contributed by atoms with E-state index in [9.17, 15) is 43.2 Å². The first-order valence-electron chi connectivity index (χ1n) is 32.8. The van der Waals surface area contributed by atoms with Crippen molar-refractivity contribution < 1.29 is 80.2 Å². The molecule has 0 aliphatic carbocycles. The summed E-state index contributed by atoms with van der Waals surface area (Å²) >= 11 is 0. The molecule has 0 aliphatic heterocycles. The Morgan fingerprint density at radius 3 is 0.728 bits per heavy atom. The van der Waals surface area contributed by atoms with Crippen LogP contribution in [0, 0.1) is 0 Å². The van der Waals surface area contributed by atoms with Gasteiger partial charge in [0.15, 0.2) is 12.2 Å². The Hall–Kier alpha value is -1.94. The number of aliphatic hydroxyl groups is 1. The molecule has 0 bridgehead atoms. The van der Waals surface area contributed by atoms with E-state index in [1.807, 2.05) is 0 Å². The number of esters is 4. The largest absolute Gasteiger partial charge is 0.472 e. The maximum atomic E-state index is 12.9. The molecule has 0 aromatic rings. The molecule has 480 valence electrons. The van der Waals surface area contributed by atoms with Gasteiger partial charge in [-0.25, -0.2) is 9.13 Å². The summed E-state index contributed by atoms with van der Waals surface area (Å²) in [5.41, 5.74) is 0. The Kier molecular flexibility index (Phi) is 55.8. The molecule has 0 spiro atoms. The molecule has 19 heteroatoms. The van der Waals surface area contributed by atoms with Crippen molar-refractivity contribution in [3.63, 3.8) is 0 Å². The van der Waals surface area contributed by atoms with Crippen LogP contribution in [0.2, 0.25) is 0 Å². The van der Waals surface area contributed by atoms with Gasteiger partial charge in [0, 0.05) is 25.7 Å². The molecule has 5 atom stereocenters. The molecule has 0 amide bonds. The number of hydrogen-bond acceptors (Lipinski definition) is 15. The summed E-state index contributed by atoms with van der Waals surface area (Å²) in [6.45, 7) is 4.80. The molecular formula is C62H120O17P2. The molecule has 0 radical (unpaired) electrons. The second kappa shape index (κ2) is 57.2. The number of phosphoric ester groups is 2. The molecule has 0 saturated carbocycles. The molecule has 81 heavy (non-hydrogen) atoms. The molecule has 0 aliphatic rings. The average molecular weight is 1200 g/mol. The van der Waals surface area contributed by atoms with Gasteiger partial charge in [-0.3, -0.25) is 37.3 Å². The van der Waals surface area contributed by atoms with Crippen molar-refractivity contribution in [2.45, 2.75) is 335 Å². The van der Waals surface area contributed by atoms with Crippen LogP contribution < -0.4 is 0 Å². The summed E-state index contributed by atoms with van der Waals surface area (Å²) in [5.74, 6) is -2.14. The van der Waals surface area contributed by atoms with E-state index >= 15 is 0 Å². The first-order valence-corrected chi connectivity index (χ1v) is 35.8. The van der Waals surface area contributed by atoms with Crippen LogP contribution in [-0.2, 0) is 65.4 Å². The highest BCUT2D eigenvalue weighted by Crippen LogP contribution is 2.45. The summed E-state index contributed by atoms with van der Waals surface area (Å²) in [6.07, 6.45) is 41.9. The van der Waals surface area contributed by atoms with E-state index in [2.05, 4.69) is 27.7 Å². The maximum Gasteiger partial charge on any atom is 0.472 e. The van der Waals surface area contributed by atoms with Gasteiger partial charge in [0.2, 0.25) is 0 Å². The third kappa shape index (κ3) is 56.9. The van der Waals surface area contributed by atoms with Gasteiger partial charge in [-0.15, -0.1) is 0 Å². The fourth-order valence-electron chi connectivity index (χ4n) is 9.28. The molecule has 0 aromatic carbocycles. The molecule has 0 heterocycles. The summed E-state index contributed by atoms with van der Waals surface area (Å²) < 4.78 is 67.7. The topological polar surface area (TPSA) is 237 Å². The Balaban J connectivity index is 5.10. The lowest BCUT2D eigenvalue weighted by molar-refractivity contribution is -0.161. The van der Waals surface area contributed by atoms with E-state index in [4.69, 9.17) is 37.0 Å². The van der Waals surface area contributed by atoms with Crippen LogP contribution in [0.25, 0.3) is 0 Å². The van der Waals surface area contributed by atoms with Crippen LogP contribution in [0.1, 0.15) is 317 Å². The number of hydrogen-bond donors (Lipinski definition) is 3. The molecule has 0 saturated heterocycles. The second-order valence-electron chi connectivity index (χ2n) is 22.4. The van der Waals surface area contributed by atoms with Crippen molar-refractivity contribution in [3.8, 4) is 0 Å². The molecular weight excluding hydrogens is 1080 g/mol. The minimum atomic E-state index is -4.94. The van der Waals surface area contributed by atoms with Crippen molar-refractivity contribution in [3.05, 3.63) is 0 Å². The second-order valence-corrected chi connectivity index (χ2v) is 25.4. The Morgan fingerprint density at radius 2 is 0.494 bits per heavy atom. The molecule has 0 aromatic heterocycles. The van der Waals surface area contributed by atoms with Gasteiger partial charge in [0.1, 0.15) is 19.3 Å². The van der Waals surface area contributed by atoms with Gasteiger partial charge in [-0.2, -0.15) is 0 Å². The highest BCUT2D eigenvalue weighted by atomic mass is 31.2. The number of ether oxygens (including phenoxy) is 4. The van der Waals surface area contributed by atoms with Crippen molar-refractivity contribution in [1.82, 2.24) is 0 Å². The van der Waals surface area contributed by atoms with Gasteiger partial charge >= 0.3 is 39.5 Å². The molecule has 3 N–H and O–H groups in total. The van der Waals surface area contributed by atoms with E-state index < -0.39 is 97.5 Å². The standard InChI is InChI=1S/C62H120O17P2/c1-5-9-13-17-21-24-26-27-28-29-31-34-36-40-43-47-60(65)72-52-57(78-61(66)48-44-38-20-16-12-8-4)54-76-80(68,69)74-50-56(63)51-75-81(70,71)77-55-58(79-62(67)49-45-41-37-32-23-19-15-11-7-3)53-73-59(64)46-42-39-35-33-30-25-22-18-14-10-6-2/h56-58,63H,5-55H2,1-4H3,(H,68,69)(H,70,71)/t56-,57+,58+/m0/s1. The smallest absolute Gasteiger partial charge is 0.462 e. The lowest BCUT2D eigenvalue weighted by Crippen LogP contribution is -2.30. The van der Waals surface area contributed by atoms with Crippen LogP contribution in [0.15, 0.2) is 0 Å². The zero-order valence-corrected chi connectivity index (χ0v) is 53.5. The van der Waals surface area contributed by atoms with Crippen molar-refractivity contribution in [2.75, 3.05) is 39.6 Å². The van der Waals surface area contributed by atoms with Gasteiger partial charge in [-0.1, -0.05) is 265 Å². The van der Waals surface area contributed by atoms with Crippen LogP contribution in [0.5, 0.6) is 0 Å². The summed E-state index contributed by atoms with van der Waals surface area (Å²) in [6, 6.07) is 0. The zero-order valence-electron chi connectivity index (χ0n) is 51.7. The predicted molar refractivity (Wildman–Crippen MR) is 322 cm³/mol. The van der Waals surface area contributed by atoms with Gasteiger partial charge in [0.25, 0.3) is 0 Å². The average Bonchev–Trinajstić information content (AvgIpc) is 3.45. The van der Waals surface area contributed by atoms with Crippen LogP contribution in [0.3, 0.4) is 0 Å². The molecule has 17 nitrogen and oxygen atoms in total. The number of unbranched alkanes of at least 4 members (excludes halogenated alkanes) is 37. The number of rotatable bonds is 63. The quantitative estimate of drug-likeness (QED) is 0.0222. The highest BCUT2D eigenvalue weighted by Gasteiger charge is 2.30. The van der Waals surface area contributed by atoms with Crippen LogP contribution in [-0.4, -0.2) is 96.7 Å². The van der Waals surface area contributed by atoms with E-state index in [1.165, 1.54) is 141 Å². The van der Waals surface area contributed by atoms with Gasteiger partial charge in [-0.05, 0) is 25.7 Å². The first kappa shape index (κ1) is 79.1.